The average molecular weight is 645 g/mol. The molecule has 0 aliphatic carbocycles. The van der Waals surface area contributed by atoms with Crippen LogP contribution < -0.4 is 10.1 Å². The first kappa shape index (κ1) is 29.9. The molecule has 0 spiro atoms. The van der Waals surface area contributed by atoms with E-state index in [1.165, 1.54) is 46.9 Å². The molecule has 44 heavy (non-hydrogen) atoms. The van der Waals surface area contributed by atoms with Gasteiger partial charge in [0.05, 0.1) is 13.5 Å². The Kier molecular flexibility index (Phi) is 9.29. The summed E-state index contributed by atoms with van der Waals surface area (Å²) in [6.07, 6.45) is 2.64. The number of hydrogen-bond acceptors (Lipinski definition) is 10. The van der Waals surface area contributed by atoms with Crippen LogP contribution in [-0.2, 0) is 25.5 Å². The van der Waals surface area contributed by atoms with Crippen LogP contribution in [0.2, 0.25) is 0 Å². The van der Waals surface area contributed by atoms with Gasteiger partial charge in [0, 0.05) is 28.8 Å². The fourth-order valence-corrected chi connectivity index (χ4v) is 8.16. The topological polar surface area (TPSA) is 111 Å². The molecular formula is C32H28N4O5S3. The van der Waals surface area contributed by atoms with Crippen LogP contribution in [0.25, 0.3) is 0 Å². The lowest BCUT2D eigenvalue weighted by atomic mass is 10.0. The second-order valence-electron chi connectivity index (χ2n) is 9.93. The van der Waals surface area contributed by atoms with Crippen molar-refractivity contribution in [3.05, 3.63) is 118 Å². The van der Waals surface area contributed by atoms with Gasteiger partial charge in [-0.25, -0.2) is 14.8 Å². The number of carbonyl (C=O) groups excluding carboxylic acids is 3. The monoisotopic (exact) mass is 644 g/mol. The lowest BCUT2D eigenvalue weighted by molar-refractivity contribution is -0.154. The van der Waals surface area contributed by atoms with Crippen LogP contribution in [0.1, 0.15) is 22.1 Å². The maximum Gasteiger partial charge on any atom is 0.356 e. The van der Waals surface area contributed by atoms with E-state index in [2.05, 4.69) is 15.3 Å². The second-order valence-corrected chi connectivity index (χ2v) is 13.0. The van der Waals surface area contributed by atoms with E-state index in [0.29, 0.717) is 22.4 Å². The molecule has 2 amide bonds. The fraction of sp³-hybridized carbons (Fsp3) is 0.219. The molecule has 9 nitrogen and oxygen atoms in total. The van der Waals surface area contributed by atoms with E-state index >= 15 is 0 Å². The zero-order chi connectivity index (χ0) is 30.5. The van der Waals surface area contributed by atoms with Crippen molar-refractivity contribution in [1.82, 2.24) is 20.2 Å². The summed E-state index contributed by atoms with van der Waals surface area (Å²) in [6.45, 7) is 0. The molecule has 2 atom stereocenters. The number of ether oxygens (including phenoxy) is 2. The highest BCUT2D eigenvalue weighted by molar-refractivity contribution is 8.01. The van der Waals surface area contributed by atoms with E-state index in [-0.39, 0.29) is 23.9 Å². The van der Waals surface area contributed by atoms with Crippen molar-refractivity contribution in [1.29, 1.82) is 0 Å². The number of esters is 1. The first-order chi connectivity index (χ1) is 21.5. The molecule has 12 heteroatoms. The van der Waals surface area contributed by atoms with Crippen molar-refractivity contribution in [2.24, 2.45) is 0 Å². The van der Waals surface area contributed by atoms with Crippen LogP contribution in [-0.4, -0.2) is 62.7 Å². The number of thioether (sulfide) groups is 2. The van der Waals surface area contributed by atoms with Gasteiger partial charge >= 0.3 is 5.97 Å². The van der Waals surface area contributed by atoms with E-state index in [1.54, 1.807) is 12.4 Å². The Hall–Kier alpha value is -4.13. The quantitative estimate of drug-likeness (QED) is 0.139. The highest BCUT2D eigenvalue weighted by Crippen LogP contribution is 2.43. The predicted molar refractivity (Wildman–Crippen MR) is 170 cm³/mol. The molecule has 6 rings (SSSR count). The smallest absolute Gasteiger partial charge is 0.356 e. The molecule has 0 saturated carbocycles. The van der Waals surface area contributed by atoms with Gasteiger partial charge in [-0.05, 0) is 28.1 Å². The third-order valence-corrected chi connectivity index (χ3v) is 10.4. The molecule has 4 heterocycles. The van der Waals surface area contributed by atoms with E-state index in [4.69, 9.17) is 9.47 Å². The minimum absolute atomic E-state index is 0.196. The van der Waals surface area contributed by atoms with E-state index < -0.39 is 23.5 Å². The molecule has 1 unspecified atom stereocenters. The van der Waals surface area contributed by atoms with Crippen molar-refractivity contribution < 1.29 is 23.9 Å². The summed E-state index contributed by atoms with van der Waals surface area (Å²) in [6, 6.07) is 22.0. The van der Waals surface area contributed by atoms with Gasteiger partial charge in [0.1, 0.15) is 17.1 Å². The Labute approximate surface area is 267 Å². The number of thiophene rings is 1. The van der Waals surface area contributed by atoms with E-state index in [1.807, 2.05) is 78.2 Å². The molecule has 1 saturated heterocycles. The third kappa shape index (κ3) is 6.37. The number of aromatic nitrogens is 2. The molecule has 0 bridgehead atoms. The van der Waals surface area contributed by atoms with Crippen LogP contribution in [0.3, 0.4) is 0 Å². The maximum atomic E-state index is 14.1. The Bertz CT molecular complexity index is 1630. The third-order valence-electron chi connectivity index (χ3n) is 7.11. The van der Waals surface area contributed by atoms with Crippen LogP contribution in [0.15, 0.2) is 107 Å². The second kappa shape index (κ2) is 13.7. The van der Waals surface area contributed by atoms with Crippen LogP contribution in [0.5, 0.6) is 5.88 Å². The molecule has 1 N–H and O–H groups in total. The standard InChI is InChI=1S/C32H28N4O5S3/c1-40-28-29(34-15-14-33-28)43-18-22-19-44-31-25(35-24(37)17-23-13-8-16-42-23)30(38)36(31)26(22)32(39)41-27(20-9-4-2-5-10-20)21-11-6-3-7-12-21/h2-16,25,27,31H,17-19H2,1H3,(H,35,37)/t25?,31-/m0/s1. The molecule has 4 aromatic rings. The van der Waals surface area contributed by atoms with Crippen LogP contribution >= 0.6 is 34.9 Å². The first-order valence-corrected chi connectivity index (χ1v) is 16.7. The Morgan fingerprint density at radius 3 is 2.39 bits per heavy atom. The summed E-state index contributed by atoms with van der Waals surface area (Å²) < 4.78 is 11.6. The van der Waals surface area contributed by atoms with Crippen molar-refractivity contribution in [3.63, 3.8) is 0 Å². The highest BCUT2D eigenvalue weighted by Gasteiger charge is 2.54. The molecule has 1 fully saturated rings. The van der Waals surface area contributed by atoms with E-state index in [0.717, 1.165) is 21.6 Å². The van der Waals surface area contributed by atoms with Crippen molar-refractivity contribution in [2.45, 2.75) is 29.0 Å². The van der Waals surface area contributed by atoms with Crippen molar-refractivity contribution >= 4 is 52.6 Å². The number of β-lactam (4-membered cyclic amide) rings is 1. The number of hydrogen-bond donors (Lipinski definition) is 1. The zero-order valence-corrected chi connectivity index (χ0v) is 26.1. The van der Waals surface area contributed by atoms with Crippen LogP contribution in [0, 0.1) is 0 Å². The highest BCUT2D eigenvalue weighted by atomic mass is 32.2. The molecule has 2 aromatic heterocycles. The van der Waals surface area contributed by atoms with Crippen molar-refractivity contribution in [2.75, 3.05) is 18.6 Å². The summed E-state index contributed by atoms with van der Waals surface area (Å²) in [7, 11) is 1.52. The number of methoxy groups -OCH3 is 1. The number of amides is 2. The minimum Gasteiger partial charge on any atom is -0.479 e. The van der Waals surface area contributed by atoms with Gasteiger partial charge < -0.3 is 14.8 Å². The summed E-state index contributed by atoms with van der Waals surface area (Å²) >= 11 is 4.37. The minimum atomic E-state index is -0.733. The lowest BCUT2D eigenvalue weighted by Crippen LogP contribution is -2.70. The largest absolute Gasteiger partial charge is 0.479 e. The summed E-state index contributed by atoms with van der Waals surface area (Å²) in [4.78, 5) is 51.5. The molecule has 2 aromatic carbocycles. The number of fused-ring (bicyclic) bond motifs is 1. The Balaban J connectivity index is 1.29. The lowest BCUT2D eigenvalue weighted by Gasteiger charge is -2.49. The number of rotatable bonds is 11. The molecular weight excluding hydrogens is 617 g/mol. The number of nitrogens with zero attached hydrogens (tertiary/aromatic N) is 3. The SMILES string of the molecule is COc1nccnc1SCC1=C(C(=O)OC(c2ccccc2)c2ccccc2)N2C(=O)C(NC(=O)Cc3cccs3)[C@@H]2SC1. The molecule has 2 aliphatic rings. The molecule has 2 aliphatic heterocycles. The summed E-state index contributed by atoms with van der Waals surface area (Å²) in [5, 5.41) is 4.94. The average Bonchev–Trinajstić information content (AvgIpc) is 3.58. The normalized spacial score (nSPS) is 17.6. The predicted octanol–water partition coefficient (Wildman–Crippen LogP) is 4.87. The maximum absolute atomic E-state index is 14.1. The number of carbonyl (C=O) groups is 3. The summed E-state index contributed by atoms with van der Waals surface area (Å²) in [5.41, 5.74) is 2.55. The Morgan fingerprint density at radius 1 is 1.02 bits per heavy atom. The van der Waals surface area contributed by atoms with Gasteiger partial charge in [-0.1, -0.05) is 78.5 Å². The molecule has 224 valence electrons. The Morgan fingerprint density at radius 2 is 1.73 bits per heavy atom. The fourth-order valence-electron chi connectivity index (χ4n) is 5.03. The van der Waals surface area contributed by atoms with Gasteiger partial charge in [-0.3, -0.25) is 14.5 Å². The van der Waals surface area contributed by atoms with Gasteiger partial charge in [-0.15, -0.1) is 23.1 Å². The number of benzene rings is 2. The van der Waals surface area contributed by atoms with Gasteiger partial charge in [0.2, 0.25) is 11.8 Å². The number of nitrogens with one attached hydrogen (secondary N) is 1. The first-order valence-electron chi connectivity index (χ1n) is 13.8. The zero-order valence-electron chi connectivity index (χ0n) is 23.6. The van der Waals surface area contributed by atoms with E-state index in [9.17, 15) is 14.4 Å². The molecule has 0 radical (unpaired) electrons. The van der Waals surface area contributed by atoms with Gasteiger partial charge in [0.15, 0.2) is 11.1 Å². The van der Waals surface area contributed by atoms with Gasteiger partial charge in [-0.2, -0.15) is 0 Å². The van der Waals surface area contributed by atoms with Gasteiger partial charge in [0.25, 0.3) is 5.91 Å². The summed E-state index contributed by atoms with van der Waals surface area (Å²) in [5.74, 6) is 0.0248. The van der Waals surface area contributed by atoms with Crippen molar-refractivity contribution in [3.8, 4) is 5.88 Å². The van der Waals surface area contributed by atoms with Crippen LogP contribution in [0.4, 0.5) is 0 Å².